The summed E-state index contributed by atoms with van der Waals surface area (Å²) in [6.45, 7) is 14.9. The van der Waals surface area contributed by atoms with E-state index < -0.39 is 0 Å². The van der Waals surface area contributed by atoms with E-state index in [0.29, 0.717) is 5.92 Å². The lowest BCUT2D eigenvalue weighted by molar-refractivity contribution is -0.110. The van der Waals surface area contributed by atoms with Gasteiger partial charge in [-0.2, -0.15) is 0 Å². The fourth-order valence-electron chi connectivity index (χ4n) is 1.97. The third-order valence-corrected chi connectivity index (χ3v) is 3.98. The van der Waals surface area contributed by atoms with Gasteiger partial charge in [-0.1, -0.05) is 54.0 Å². The number of hydrogen-bond acceptors (Lipinski definition) is 2. The Morgan fingerprint density at radius 3 is 2.10 bits per heavy atom. The third-order valence-electron chi connectivity index (χ3n) is 3.98. The Morgan fingerprint density at radius 2 is 1.81 bits per heavy atom. The van der Waals surface area contributed by atoms with Gasteiger partial charge in [0, 0.05) is 12.4 Å². The van der Waals surface area contributed by atoms with Crippen molar-refractivity contribution in [2.45, 2.75) is 60.7 Å². The van der Waals surface area contributed by atoms with Crippen LogP contribution in [-0.4, -0.2) is 17.9 Å². The van der Waals surface area contributed by atoms with E-state index in [9.17, 15) is 4.79 Å². The van der Waals surface area contributed by atoms with E-state index in [1.165, 1.54) is 6.42 Å². The second kappa shape index (κ2) is 10.6. The number of carbonyl (C=O) groups is 1. The quantitative estimate of drug-likeness (QED) is 0.709. The molecule has 0 saturated heterocycles. The molecule has 1 aromatic heterocycles. The van der Waals surface area contributed by atoms with Gasteiger partial charge in [0.05, 0.1) is 5.68 Å². The van der Waals surface area contributed by atoms with Gasteiger partial charge in [0.25, 0.3) is 0 Å². The van der Waals surface area contributed by atoms with E-state index >= 15 is 0 Å². The summed E-state index contributed by atoms with van der Waals surface area (Å²) in [5, 5.41) is 0. The molecule has 0 bridgehead atoms. The second-order valence-corrected chi connectivity index (χ2v) is 6.46. The van der Waals surface area contributed by atoms with Crippen LogP contribution in [0, 0.1) is 17.8 Å². The Kier molecular flexibility index (Phi) is 10.0. The van der Waals surface area contributed by atoms with Gasteiger partial charge in [0.15, 0.2) is 0 Å². The zero-order valence-corrected chi connectivity index (χ0v) is 14.8. The average Bonchev–Trinajstić information content (AvgIpc) is 2.44. The van der Waals surface area contributed by atoms with Crippen LogP contribution < -0.4 is 0 Å². The monoisotopic (exact) mass is 288 g/mol. The number of rotatable bonds is 6. The molecule has 1 rings (SSSR count). The minimum atomic E-state index is 0.118. The zero-order chi connectivity index (χ0) is 16.4. The van der Waals surface area contributed by atoms with Crippen LogP contribution in [0.4, 0.5) is 0 Å². The van der Waals surface area contributed by atoms with Gasteiger partial charge >= 0.3 is 0 Å². The van der Waals surface area contributed by atoms with Crippen LogP contribution >= 0.6 is 0 Å². The average molecular weight is 288 g/mol. The van der Waals surface area contributed by atoms with Crippen LogP contribution in [0.1, 0.15) is 66.3 Å². The first-order valence-corrected chi connectivity index (χ1v) is 8.04. The second-order valence-electron chi connectivity index (χ2n) is 6.46. The molecular weight excluding hydrogens is 257 g/mol. The number of pyridine rings is 1. The van der Waals surface area contributed by atoms with Crippen LogP contribution in [0.15, 0.2) is 24.5 Å². The molecule has 0 aliphatic heterocycles. The van der Waals surface area contributed by atoms with E-state index in [0.717, 1.165) is 17.4 Å². The van der Waals surface area contributed by atoms with Crippen molar-refractivity contribution in [2.75, 3.05) is 0 Å². The number of nitrogens with zero attached hydrogens (tertiary/aromatic N) is 1. The van der Waals surface area contributed by atoms with Crippen LogP contribution in [0.2, 0.25) is 0 Å². The highest BCUT2D eigenvalue weighted by Gasteiger charge is 2.19. The van der Waals surface area contributed by atoms with E-state index in [2.05, 4.69) is 46.5 Å². The van der Waals surface area contributed by atoms with Crippen molar-refractivity contribution in [3.8, 4) is 0 Å². The van der Waals surface area contributed by atoms with E-state index in [4.69, 9.17) is 0 Å². The SMILES string of the molecule is CC(=O)[B]C(c1cccnc1)C(C)C.CCC(C)C(C)C. The van der Waals surface area contributed by atoms with Gasteiger partial charge in [-0.15, -0.1) is 0 Å². The predicted octanol–water partition coefficient (Wildman–Crippen LogP) is 4.72. The summed E-state index contributed by atoms with van der Waals surface area (Å²) >= 11 is 0. The molecule has 0 aliphatic carbocycles. The maximum Gasteiger partial charge on any atom is 0.210 e. The molecule has 1 heterocycles. The fourth-order valence-corrected chi connectivity index (χ4v) is 1.97. The molecule has 0 saturated carbocycles. The maximum atomic E-state index is 11.1. The maximum absolute atomic E-state index is 11.1. The first kappa shape index (κ1) is 19.9. The largest absolute Gasteiger partial charge is 0.312 e. The predicted molar refractivity (Wildman–Crippen MR) is 92.5 cm³/mol. The molecular formula is C18H31BNO. The van der Waals surface area contributed by atoms with E-state index in [-0.39, 0.29) is 11.5 Å². The summed E-state index contributed by atoms with van der Waals surface area (Å²) in [4.78, 5) is 15.1. The van der Waals surface area contributed by atoms with Crippen molar-refractivity contribution in [3.05, 3.63) is 30.1 Å². The first-order valence-electron chi connectivity index (χ1n) is 8.04. The van der Waals surface area contributed by atoms with Gasteiger partial charge < -0.3 is 4.79 Å². The van der Waals surface area contributed by atoms with Gasteiger partial charge in [-0.3, -0.25) is 4.98 Å². The Morgan fingerprint density at radius 1 is 1.19 bits per heavy atom. The summed E-state index contributed by atoms with van der Waals surface area (Å²) in [5.41, 5.74) is 1.23. The molecule has 2 unspecified atom stereocenters. The van der Waals surface area contributed by atoms with Crippen molar-refractivity contribution in [1.29, 1.82) is 0 Å². The summed E-state index contributed by atoms with van der Waals surface area (Å²) in [5.74, 6) is 2.37. The van der Waals surface area contributed by atoms with Gasteiger partial charge in [-0.25, -0.2) is 0 Å². The Hall–Kier alpha value is -1.12. The Labute approximate surface area is 132 Å². The van der Waals surface area contributed by atoms with Crippen LogP contribution in [0.5, 0.6) is 0 Å². The molecule has 1 radical (unpaired) electrons. The smallest absolute Gasteiger partial charge is 0.210 e. The van der Waals surface area contributed by atoms with E-state index in [1.54, 1.807) is 20.4 Å². The van der Waals surface area contributed by atoms with Crippen molar-refractivity contribution in [1.82, 2.24) is 4.98 Å². The topological polar surface area (TPSA) is 30.0 Å². The van der Waals surface area contributed by atoms with Gasteiger partial charge in [0.1, 0.15) is 0 Å². The molecule has 0 fully saturated rings. The standard InChI is InChI=1S/C11H15BNO.C7H16/c1-8(2)11(12-9(3)14)10-5-4-6-13-7-10;1-5-7(4)6(2)3/h4-8,11H,1-3H3;6-7H,5H2,1-4H3. The molecule has 0 aliphatic rings. The highest BCUT2D eigenvalue weighted by Crippen LogP contribution is 2.22. The Bertz CT molecular complexity index is 389. The van der Waals surface area contributed by atoms with Crippen molar-refractivity contribution in [3.63, 3.8) is 0 Å². The van der Waals surface area contributed by atoms with Crippen LogP contribution in [0.3, 0.4) is 0 Å². The summed E-state index contributed by atoms with van der Waals surface area (Å²) < 4.78 is 0. The third kappa shape index (κ3) is 8.69. The Balaban J connectivity index is 0.000000486. The lowest BCUT2D eigenvalue weighted by atomic mass is 9.55. The minimum Gasteiger partial charge on any atom is -0.312 e. The van der Waals surface area contributed by atoms with Crippen molar-refractivity contribution in [2.24, 2.45) is 17.8 Å². The van der Waals surface area contributed by atoms with Gasteiger partial charge in [0.2, 0.25) is 7.28 Å². The molecule has 117 valence electrons. The molecule has 1 aromatic rings. The van der Waals surface area contributed by atoms with Crippen LogP contribution in [-0.2, 0) is 4.79 Å². The molecule has 0 N–H and O–H groups in total. The summed E-state index contributed by atoms with van der Waals surface area (Å²) in [6.07, 6.45) is 4.89. The zero-order valence-electron chi connectivity index (χ0n) is 14.8. The van der Waals surface area contributed by atoms with Crippen molar-refractivity contribution < 1.29 is 4.79 Å². The first-order chi connectivity index (χ1) is 9.79. The van der Waals surface area contributed by atoms with E-state index in [1.807, 2.05) is 18.3 Å². The lowest BCUT2D eigenvalue weighted by Gasteiger charge is -2.18. The van der Waals surface area contributed by atoms with Crippen molar-refractivity contribution >= 4 is 13.0 Å². The molecule has 3 heteroatoms. The number of carbonyl (C=O) groups excluding carboxylic acids is 1. The summed E-state index contributed by atoms with van der Waals surface area (Å²) in [6, 6.07) is 3.91. The highest BCUT2D eigenvalue weighted by atomic mass is 16.1. The molecule has 0 amide bonds. The molecule has 21 heavy (non-hydrogen) atoms. The minimum absolute atomic E-state index is 0.118. The summed E-state index contributed by atoms with van der Waals surface area (Å²) in [7, 11) is 1.77. The highest BCUT2D eigenvalue weighted by molar-refractivity contribution is 6.74. The normalized spacial score (nSPS) is 13.4. The molecule has 2 atom stereocenters. The molecule has 2 nitrogen and oxygen atoms in total. The fraction of sp³-hybridized carbons (Fsp3) is 0.667. The number of aromatic nitrogens is 1. The lowest BCUT2D eigenvalue weighted by Crippen LogP contribution is -2.20. The number of hydrogen-bond donors (Lipinski definition) is 0. The van der Waals surface area contributed by atoms with Crippen LogP contribution in [0.25, 0.3) is 0 Å². The molecule has 0 spiro atoms. The van der Waals surface area contributed by atoms with Gasteiger partial charge in [-0.05, 0) is 42.1 Å². The molecule has 0 aromatic carbocycles.